The van der Waals surface area contributed by atoms with Gasteiger partial charge in [0, 0.05) is 9.13 Å². The van der Waals surface area contributed by atoms with Gasteiger partial charge in [-0.3, -0.25) is 4.79 Å². The van der Waals surface area contributed by atoms with E-state index in [1.807, 2.05) is 0 Å². The molecule has 0 spiro atoms. The number of carbonyl (C=O) groups excluding carboxylic acids is 1. The van der Waals surface area contributed by atoms with E-state index in [4.69, 9.17) is 4.42 Å². The van der Waals surface area contributed by atoms with Crippen LogP contribution in [0.15, 0.2) is 34.7 Å². The first-order valence-corrected chi connectivity index (χ1v) is 5.92. The molecule has 0 aliphatic rings. The van der Waals surface area contributed by atoms with Crippen molar-refractivity contribution in [2.45, 2.75) is 6.18 Å². The van der Waals surface area contributed by atoms with Gasteiger partial charge in [0.25, 0.3) is 0 Å². The van der Waals surface area contributed by atoms with Gasteiger partial charge in [0.2, 0.25) is 0 Å². The van der Waals surface area contributed by atoms with E-state index >= 15 is 0 Å². The van der Waals surface area contributed by atoms with E-state index in [1.54, 1.807) is 28.7 Å². The predicted molar refractivity (Wildman–Crippen MR) is 67.3 cm³/mol. The van der Waals surface area contributed by atoms with Crippen LogP contribution in [-0.4, -0.2) is 6.29 Å². The molecule has 6 heteroatoms. The Morgan fingerprint density at radius 3 is 2.39 bits per heavy atom. The summed E-state index contributed by atoms with van der Waals surface area (Å²) in [5.41, 5.74) is -0.186. The lowest BCUT2D eigenvalue weighted by Crippen LogP contribution is -2.05. The standard InChI is InChI=1S/C12H6F3IO2/c13-12(14,15)7-1-3-9(10(16)5-7)11-4-2-8(6-17)18-11/h1-6H. The second-order valence-corrected chi connectivity index (χ2v) is 4.67. The van der Waals surface area contributed by atoms with Crippen LogP contribution in [0.1, 0.15) is 16.1 Å². The van der Waals surface area contributed by atoms with Gasteiger partial charge in [-0.15, -0.1) is 0 Å². The summed E-state index contributed by atoms with van der Waals surface area (Å²) in [4.78, 5) is 10.5. The fourth-order valence-corrected chi connectivity index (χ4v) is 2.23. The summed E-state index contributed by atoms with van der Waals surface area (Å²) in [6.45, 7) is 0. The highest BCUT2D eigenvalue weighted by Gasteiger charge is 2.31. The Bertz CT molecular complexity index is 587. The minimum atomic E-state index is -4.37. The molecule has 2 nitrogen and oxygen atoms in total. The molecule has 0 N–H and O–H groups in total. The number of furan rings is 1. The summed E-state index contributed by atoms with van der Waals surface area (Å²) >= 11 is 1.80. The van der Waals surface area contributed by atoms with Gasteiger partial charge in [0.15, 0.2) is 12.0 Å². The van der Waals surface area contributed by atoms with E-state index in [-0.39, 0.29) is 5.76 Å². The Hall–Kier alpha value is -1.31. The minimum absolute atomic E-state index is 0.140. The lowest BCUT2D eigenvalue weighted by Gasteiger charge is -2.08. The van der Waals surface area contributed by atoms with Crippen molar-refractivity contribution in [3.63, 3.8) is 0 Å². The summed E-state index contributed by atoms with van der Waals surface area (Å²) in [6, 6.07) is 6.38. The molecule has 0 unspecified atom stereocenters. The molecule has 0 bridgehead atoms. The summed E-state index contributed by atoms with van der Waals surface area (Å²) in [7, 11) is 0. The van der Waals surface area contributed by atoms with E-state index in [1.165, 1.54) is 12.1 Å². The molecule has 1 aromatic heterocycles. The van der Waals surface area contributed by atoms with Crippen molar-refractivity contribution in [2.75, 3.05) is 0 Å². The van der Waals surface area contributed by atoms with Crippen molar-refractivity contribution in [3.8, 4) is 11.3 Å². The van der Waals surface area contributed by atoms with Crippen molar-refractivity contribution in [1.29, 1.82) is 0 Å². The Morgan fingerprint density at radius 1 is 1.17 bits per heavy atom. The fourth-order valence-electron chi connectivity index (χ4n) is 1.45. The molecule has 1 heterocycles. The van der Waals surface area contributed by atoms with E-state index in [2.05, 4.69) is 0 Å². The van der Waals surface area contributed by atoms with Crippen molar-refractivity contribution >= 4 is 28.9 Å². The maximum atomic E-state index is 12.5. The highest BCUT2D eigenvalue weighted by atomic mass is 127. The molecule has 0 radical (unpaired) electrons. The first kappa shape index (κ1) is 13.1. The molecule has 1 aromatic carbocycles. The number of aldehydes is 1. The number of halogens is 4. The van der Waals surface area contributed by atoms with E-state index in [0.29, 0.717) is 21.2 Å². The maximum absolute atomic E-state index is 12.5. The Balaban J connectivity index is 2.44. The zero-order valence-corrected chi connectivity index (χ0v) is 10.9. The molecular weight excluding hydrogens is 360 g/mol. The third-order valence-electron chi connectivity index (χ3n) is 2.30. The average molecular weight is 366 g/mol. The van der Waals surface area contributed by atoms with Crippen molar-refractivity contribution < 1.29 is 22.4 Å². The summed E-state index contributed by atoms with van der Waals surface area (Å²) in [5.74, 6) is 0.510. The van der Waals surface area contributed by atoms with Crippen LogP contribution in [0.2, 0.25) is 0 Å². The van der Waals surface area contributed by atoms with Crippen molar-refractivity contribution in [2.24, 2.45) is 0 Å². The van der Waals surface area contributed by atoms with Gasteiger partial charge in [-0.05, 0) is 52.9 Å². The molecule has 0 aliphatic heterocycles. The summed E-state index contributed by atoms with van der Waals surface area (Å²) in [5, 5.41) is 0. The molecule has 2 aromatic rings. The van der Waals surface area contributed by atoms with Crippen LogP contribution in [0.3, 0.4) is 0 Å². The first-order valence-electron chi connectivity index (χ1n) is 4.84. The average Bonchev–Trinajstić information content (AvgIpc) is 2.76. The Morgan fingerprint density at radius 2 is 1.89 bits per heavy atom. The highest BCUT2D eigenvalue weighted by Crippen LogP contribution is 2.34. The van der Waals surface area contributed by atoms with Gasteiger partial charge >= 0.3 is 6.18 Å². The minimum Gasteiger partial charge on any atom is -0.453 e. The largest absolute Gasteiger partial charge is 0.453 e. The zero-order chi connectivity index (χ0) is 13.3. The second kappa shape index (κ2) is 4.75. The molecule has 0 atom stereocenters. The number of hydrogen-bond donors (Lipinski definition) is 0. The third kappa shape index (κ3) is 2.58. The van der Waals surface area contributed by atoms with Gasteiger partial charge < -0.3 is 4.42 Å². The van der Waals surface area contributed by atoms with Gasteiger partial charge in [-0.2, -0.15) is 13.2 Å². The molecule has 2 rings (SSSR count). The van der Waals surface area contributed by atoms with E-state index in [0.717, 1.165) is 12.1 Å². The van der Waals surface area contributed by atoms with Crippen LogP contribution in [0.25, 0.3) is 11.3 Å². The zero-order valence-electron chi connectivity index (χ0n) is 8.79. The van der Waals surface area contributed by atoms with Crippen molar-refractivity contribution in [3.05, 3.63) is 45.2 Å². The van der Waals surface area contributed by atoms with Crippen LogP contribution < -0.4 is 0 Å². The maximum Gasteiger partial charge on any atom is 0.416 e. The van der Waals surface area contributed by atoms with Crippen LogP contribution in [0, 0.1) is 3.57 Å². The highest BCUT2D eigenvalue weighted by molar-refractivity contribution is 14.1. The van der Waals surface area contributed by atoms with E-state index in [9.17, 15) is 18.0 Å². The lowest BCUT2D eigenvalue weighted by molar-refractivity contribution is -0.137. The monoisotopic (exact) mass is 366 g/mol. The van der Waals surface area contributed by atoms with Gasteiger partial charge in [0.05, 0.1) is 5.56 Å². The van der Waals surface area contributed by atoms with Crippen LogP contribution in [0.5, 0.6) is 0 Å². The van der Waals surface area contributed by atoms with E-state index < -0.39 is 11.7 Å². The smallest absolute Gasteiger partial charge is 0.416 e. The Labute approximate surface area is 114 Å². The molecule has 0 saturated carbocycles. The fraction of sp³-hybridized carbons (Fsp3) is 0.0833. The quantitative estimate of drug-likeness (QED) is 0.583. The van der Waals surface area contributed by atoms with Crippen LogP contribution in [0.4, 0.5) is 13.2 Å². The topological polar surface area (TPSA) is 30.2 Å². The Kier molecular flexibility index (Phi) is 3.47. The normalized spacial score (nSPS) is 11.6. The lowest BCUT2D eigenvalue weighted by atomic mass is 10.1. The SMILES string of the molecule is O=Cc1ccc(-c2ccc(C(F)(F)F)cc2I)o1. The number of benzene rings is 1. The molecule has 0 amide bonds. The van der Waals surface area contributed by atoms with Gasteiger partial charge in [-0.1, -0.05) is 0 Å². The molecule has 0 fully saturated rings. The number of rotatable bonds is 2. The molecule has 18 heavy (non-hydrogen) atoms. The second-order valence-electron chi connectivity index (χ2n) is 3.51. The number of carbonyl (C=O) groups is 1. The number of hydrogen-bond acceptors (Lipinski definition) is 2. The molecule has 0 aliphatic carbocycles. The molecule has 94 valence electrons. The molecule has 0 saturated heterocycles. The van der Waals surface area contributed by atoms with Gasteiger partial charge in [0.1, 0.15) is 5.76 Å². The van der Waals surface area contributed by atoms with Gasteiger partial charge in [-0.25, -0.2) is 0 Å². The summed E-state index contributed by atoms with van der Waals surface area (Å²) in [6.07, 6.45) is -3.82. The predicted octanol–water partition coefficient (Wildman–Crippen LogP) is 4.38. The number of alkyl halides is 3. The third-order valence-corrected chi connectivity index (χ3v) is 3.20. The van der Waals surface area contributed by atoms with Crippen LogP contribution in [-0.2, 0) is 6.18 Å². The summed E-state index contributed by atoms with van der Waals surface area (Å²) < 4.78 is 43.0. The first-order chi connectivity index (χ1) is 8.41. The van der Waals surface area contributed by atoms with Crippen molar-refractivity contribution in [1.82, 2.24) is 0 Å². The van der Waals surface area contributed by atoms with Crippen LogP contribution >= 0.6 is 22.6 Å². The molecular formula is C12H6F3IO2.